The first kappa shape index (κ1) is 13.6. The second-order valence-electron chi connectivity index (χ2n) is 5.07. The van der Waals surface area contributed by atoms with Crippen LogP contribution in [0.2, 0.25) is 5.28 Å². The third-order valence-electron chi connectivity index (χ3n) is 3.98. The number of nitrogens with one attached hydrogen (secondary N) is 1. The van der Waals surface area contributed by atoms with E-state index in [1.165, 1.54) is 0 Å². The molecule has 7 heteroatoms. The van der Waals surface area contributed by atoms with Crippen molar-refractivity contribution >= 4 is 29.0 Å². The van der Waals surface area contributed by atoms with E-state index in [4.69, 9.17) is 16.3 Å². The van der Waals surface area contributed by atoms with Gasteiger partial charge in [-0.1, -0.05) is 6.92 Å². The van der Waals surface area contributed by atoms with Crippen molar-refractivity contribution in [2.45, 2.75) is 38.3 Å². The number of amides is 1. The minimum absolute atomic E-state index is 0.0140. The molecular weight excluding hydrogens is 280 g/mol. The molecule has 0 aliphatic carbocycles. The maximum atomic E-state index is 12.3. The topological polar surface area (TPSA) is 67.3 Å². The summed E-state index contributed by atoms with van der Waals surface area (Å²) in [7, 11) is 1.68. The monoisotopic (exact) mass is 296 g/mol. The van der Waals surface area contributed by atoms with Gasteiger partial charge in [0.25, 0.3) is 0 Å². The zero-order valence-corrected chi connectivity index (χ0v) is 12.3. The third-order valence-corrected chi connectivity index (χ3v) is 4.15. The molecule has 1 aromatic heterocycles. The Kier molecular flexibility index (Phi) is 3.52. The number of piperidine rings is 1. The fourth-order valence-corrected chi connectivity index (χ4v) is 3.09. The highest BCUT2D eigenvalue weighted by Gasteiger charge is 2.40. The number of hydrogen-bond acceptors (Lipinski definition) is 5. The number of nitrogens with zero attached hydrogens (tertiary/aromatic N) is 3. The molecule has 3 rings (SSSR count). The molecule has 20 heavy (non-hydrogen) atoms. The number of ether oxygens (including phenoxy) is 1. The average Bonchev–Trinajstić information content (AvgIpc) is 2.47. The number of hydrogen-bond donors (Lipinski definition) is 1. The van der Waals surface area contributed by atoms with Gasteiger partial charge in [0.2, 0.25) is 11.2 Å². The molecular formula is C13H17ClN4O2. The van der Waals surface area contributed by atoms with Crippen LogP contribution in [-0.4, -0.2) is 41.7 Å². The Morgan fingerprint density at radius 1 is 1.50 bits per heavy atom. The number of methoxy groups -OCH3 is 1. The molecule has 6 nitrogen and oxygen atoms in total. The highest BCUT2D eigenvalue weighted by atomic mass is 35.5. The molecule has 1 aromatic rings. The van der Waals surface area contributed by atoms with Gasteiger partial charge in [-0.3, -0.25) is 4.79 Å². The first-order valence-electron chi connectivity index (χ1n) is 6.80. The second-order valence-corrected chi connectivity index (χ2v) is 5.41. The van der Waals surface area contributed by atoms with E-state index in [1.807, 2.05) is 11.8 Å². The number of carbonyl (C=O) groups excluding carboxylic acids is 1. The predicted octanol–water partition coefficient (Wildman–Crippen LogP) is 1.63. The van der Waals surface area contributed by atoms with E-state index in [2.05, 4.69) is 15.3 Å². The second kappa shape index (κ2) is 5.18. The summed E-state index contributed by atoms with van der Waals surface area (Å²) in [5.74, 6) is 0.723. The molecule has 0 spiro atoms. The molecule has 3 heterocycles. The Morgan fingerprint density at radius 2 is 2.30 bits per heavy atom. The Hall–Kier alpha value is -1.40. The van der Waals surface area contributed by atoms with Crippen molar-refractivity contribution in [3.63, 3.8) is 0 Å². The summed E-state index contributed by atoms with van der Waals surface area (Å²) in [6.45, 7) is 2.72. The maximum absolute atomic E-state index is 12.3. The Morgan fingerprint density at radius 3 is 3.00 bits per heavy atom. The zero-order chi connectivity index (χ0) is 14.3. The molecule has 2 atom stereocenters. The molecule has 0 bridgehead atoms. The number of halogens is 1. The van der Waals surface area contributed by atoms with Crippen molar-refractivity contribution in [3.8, 4) is 0 Å². The molecule has 1 N–H and O–H groups in total. The van der Waals surface area contributed by atoms with Gasteiger partial charge in [-0.15, -0.1) is 0 Å². The highest BCUT2D eigenvalue weighted by Crippen LogP contribution is 2.37. The van der Waals surface area contributed by atoms with E-state index in [1.54, 1.807) is 7.11 Å². The van der Waals surface area contributed by atoms with Crippen molar-refractivity contribution in [1.82, 2.24) is 9.97 Å². The standard InChI is InChI=1S/C13H17ClN4O2/c1-3-8-10-11(17-13(14)15-8)18-5-4-7(20-2)6-9(18)12(19)16-10/h7,9H,3-6H2,1-2H3,(H,16,19). The van der Waals surface area contributed by atoms with Crippen molar-refractivity contribution in [2.24, 2.45) is 0 Å². The van der Waals surface area contributed by atoms with Gasteiger partial charge < -0.3 is 15.0 Å². The summed E-state index contributed by atoms with van der Waals surface area (Å²) in [5.41, 5.74) is 1.48. The number of anilines is 2. The molecule has 0 radical (unpaired) electrons. The minimum Gasteiger partial charge on any atom is -0.381 e. The molecule has 1 saturated heterocycles. The average molecular weight is 297 g/mol. The SMILES string of the molecule is CCc1nc(Cl)nc2c1NC(=O)C1CC(OC)CCN21. The summed E-state index contributed by atoms with van der Waals surface area (Å²) in [6.07, 6.45) is 2.36. The van der Waals surface area contributed by atoms with E-state index in [0.717, 1.165) is 24.5 Å². The van der Waals surface area contributed by atoms with Gasteiger partial charge in [0.15, 0.2) is 5.82 Å². The number of aryl methyl sites for hydroxylation is 1. The van der Waals surface area contributed by atoms with E-state index in [0.29, 0.717) is 18.5 Å². The first-order chi connectivity index (χ1) is 9.63. The van der Waals surface area contributed by atoms with Crippen LogP contribution in [0.15, 0.2) is 0 Å². The lowest BCUT2D eigenvalue weighted by Crippen LogP contribution is -2.54. The highest BCUT2D eigenvalue weighted by molar-refractivity contribution is 6.28. The quantitative estimate of drug-likeness (QED) is 0.840. The summed E-state index contributed by atoms with van der Waals surface area (Å²) >= 11 is 6.00. The normalized spacial score (nSPS) is 24.9. The van der Waals surface area contributed by atoms with Gasteiger partial charge in [-0.05, 0) is 24.4 Å². The third kappa shape index (κ3) is 2.13. The number of aromatic nitrogens is 2. The summed E-state index contributed by atoms with van der Waals surface area (Å²) in [5, 5.41) is 3.16. The van der Waals surface area contributed by atoms with Gasteiger partial charge in [0.1, 0.15) is 11.7 Å². The summed E-state index contributed by atoms with van der Waals surface area (Å²) < 4.78 is 5.38. The van der Waals surface area contributed by atoms with Gasteiger partial charge in [0.05, 0.1) is 11.8 Å². The number of fused-ring (bicyclic) bond motifs is 3. The van der Waals surface area contributed by atoms with Crippen LogP contribution in [0, 0.1) is 0 Å². The van der Waals surface area contributed by atoms with E-state index in [-0.39, 0.29) is 23.3 Å². The molecule has 2 unspecified atom stereocenters. The van der Waals surface area contributed by atoms with Crippen LogP contribution in [0.25, 0.3) is 0 Å². The fraction of sp³-hybridized carbons (Fsp3) is 0.615. The van der Waals surface area contributed by atoms with Crippen molar-refractivity contribution < 1.29 is 9.53 Å². The lowest BCUT2D eigenvalue weighted by Gasteiger charge is -2.42. The number of carbonyl (C=O) groups is 1. The maximum Gasteiger partial charge on any atom is 0.247 e. The lowest BCUT2D eigenvalue weighted by molar-refractivity contribution is -0.119. The molecule has 1 fully saturated rings. The Balaban J connectivity index is 2.02. The van der Waals surface area contributed by atoms with E-state index in [9.17, 15) is 4.79 Å². The molecule has 2 aliphatic rings. The molecule has 108 valence electrons. The molecule has 2 aliphatic heterocycles. The molecule has 1 amide bonds. The fourth-order valence-electron chi connectivity index (χ4n) is 2.91. The van der Waals surface area contributed by atoms with Crippen LogP contribution < -0.4 is 10.2 Å². The zero-order valence-electron chi connectivity index (χ0n) is 11.5. The van der Waals surface area contributed by atoms with E-state index >= 15 is 0 Å². The first-order valence-corrected chi connectivity index (χ1v) is 7.18. The lowest BCUT2D eigenvalue weighted by atomic mass is 9.96. The molecule has 0 aromatic carbocycles. The van der Waals surface area contributed by atoms with Crippen molar-refractivity contribution in [2.75, 3.05) is 23.9 Å². The van der Waals surface area contributed by atoms with Gasteiger partial charge >= 0.3 is 0 Å². The van der Waals surface area contributed by atoms with Crippen LogP contribution in [0.3, 0.4) is 0 Å². The van der Waals surface area contributed by atoms with Crippen LogP contribution in [-0.2, 0) is 16.0 Å². The number of rotatable bonds is 2. The van der Waals surface area contributed by atoms with Crippen LogP contribution in [0.4, 0.5) is 11.5 Å². The Labute approximate surface area is 122 Å². The van der Waals surface area contributed by atoms with Crippen molar-refractivity contribution in [1.29, 1.82) is 0 Å². The van der Waals surface area contributed by atoms with Gasteiger partial charge in [0, 0.05) is 20.1 Å². The largest absolute Gasteiger partial charge is 0.381 e. The summed E-state index contributed by atoms with van der Waals surface area (Å²) in [4.78, 5) is 22.8. The minimum atomic E-state index is -0.239. The van der Waals surface area contributed by atoms with Gasteiger partial charge in [-0.25, -0.2) is 4.98 Å². The van der Waals surface area contributed by atoms with E-state index < -0.39 is 0 Å². The van der Waals surface area contributed by atoms with Crippen molar-refractivity contribution in [3.05, 3.63) is 11.0 Å². The smallest absolute Gasteiger partial charge is 0.247 e. The summed E-state index contributed by atoms with van der Waals surface area (Å²) in [6, 6.07) is -0.239. The Bertz CT molecular complexity index is 551. The predicted molar refractivity (Wildman–Crippen MR) is 76.2 cm³/mol. The van der Waals surface area contributed by atoms with Crippen LogP contribution in [0.1, 0.15) is 25.5 Å². The van der Waals surface area contributed by atoms with Crippen LogP contribution in [0.5, 0.6) is 0 Å². The van der Waals surface area contributed by atoms with Crippen LogP contribution >= 0.6 is 11.6 Å². The van der Waals surface area contributed by atoms with Gasteiger partial charge in [-0.2, -0.15) is 4.98 Å². The molecule has 0 saturated carbocycles.